The van der Waals surface area contributed by atoms with Crippen LogP contribution in [0.3, 0.4) is 0 Å². The van der Waals surface area contributed by atoms with Gasteiger partial charge < -0.3 is 5.11 Å². The van der Waals surface area contributed by atoms with E-state index in [1.807, 2.05) is 20.6 Å². The molecule has 5 N–H and O–H groups in total. The molecule has 0 spiro atoms. The third kappa shape index (κ3) is 2.63. The SMILES string of the molecule is O=C1NC(=O)C(=C2N=C(c3c(O)[nH]c(=O)[nH]c3=O)c3cc(S)ccc32)C(=O)N1. The van der Waals surface area contributed by atoms with Gasteiger partial charge in [0.2, 0.25) is 5.88 Å². The van der Waals surface area contributed by atoms with Crippen molar-refractivity contribution in [1.29, 1.82) is 0 Å². The zero-order valence-corrected chi connectivity index (χ0v) is 14.5. The standard InChI is InChI=1S/C16H9N5O6S/c22-11-7(12(23)19-15(26)18-11)9-5-2-1-4(28)3-6(5)10(17-9)8-13(24)20-16(27)21-14(8)25/h1-3,28H,(H2,18,19,22,23,26)(H3,20,21,24,25,27). The number of hydrogen-bond donors (Lipinski definition) is 6. The summed E-state index contributed by atoms with van der Waals surface area (Å²) in [6.07, 6.45) is 0. The van der Waals surface area contributed by atoms with Gasteiger partial charge in [0.05, 0.1) is 11.4 Å². The monoisotopic (exact) mass is 399 g/mol. The molecule has 11 nitrogen and oxygen atoms in total. The fourth-order valence-electron chi connectivity index (χ4n) is 2.92. The molecule has 0 bridgehead atoms. The number of aromatic nitrogens is 2. The Balaban J connectivity index is 2.05. The molecule has 0 unspecified atom stereocenters. The molecule has 28 heavy (non-hydrogen) atoms. The first kappa shape index (κ1) is 17.5. The molecule has 2 aliphatic heterocycles. The first-order valence-electron chi connectivity index (χ1n) is 7.65. The van der Waals surface area contributed by atoms with Crippen molar-refractivity contribution in [2.45, 2.75) is 4.90 Å². The quantitative estimate of drug-likeness (QED) is 0.203. The lowest BCUT2D eigenvalue weighted by molar-refractivity contribution is -0.123. The van der Waals surface area contributed by atoms with E-state index in [9.17, 15) is 29.1 Å². The Hall–Kier alpha value is -3.93. The summed E-state index contributed by atoms with van der Waals surface area (Å²) in [5.41, 5.74) is -2.24. The number of H-pyrrole nitrogens is 2. The zero-order valence-electron chi connectivity index (χ0n) is 13.6. The summed E-state index contributed by atoms with van der Waals surface area (Å²) in [5.74, 6) is -2.66. The van der Waals surface area contributed by atoms with Crippen LogP contribution >= 0.6 is 12.6 Å². The normalized spacial score (nSPS) is 15.9. The van der Waals surface area contributed by atoms with E-state index in [4.69, 9.17) is 0 Å². The number of barbiturate groups is 1. The number of carbonyl (C=O) groups is 3. The van der Waals surface area contributed by atoms with E-state index in [0.717, 1.165) is 0 Å². The maximum atomic E-state index is 12.2. The summed E-state index contributed by atoms with van der Waals surface area (Å²) < 4.78 is 0. The van der Waals surface area contributed by atoms with Gasteiger partial charge in [0, 0.05) is 16.0 Å². The van der Waals surface area contributed by atoms with Crippen molar-refractivity contribution < 1.29 is 19.5 Å². The number of aromatic amines is 2. The van der Waals surface area contributed by atoms with Crippen molar-refractivity contribution in [2.75, 3.05) is 0 Å². The maximum absolute atomic E-state index is 12.2. The minimum absolute atomic E-state index is 0.0825. The molecule has 140 valence electrons. The highest BCUT2D eigenvalue weighted by Gasteiger charge is 2.36. The lowest BCUT2D eigenvalue weighted by Gasteiger charge is -2.15. The predicted molar refractivity (Wildman–Crippen MR) is 97.3 cm³/mol. The Kier molecular flexibility index (Phi) is 3.78. The molecule has 1 aromatic heterocycles. The van der Waals surface area contributed by atoms with E-state index in [1.54, 1.807) is 6.07 Å². The Labute approximate surface area is 159 Å². The van der Waals surface area contributed by atoms with Crippen LogP contribution in [0.4, 0.5) is 4.79 Å². The summed E-state index contributed by atoms with van der Waals surface area (Å²) in [7, 11) is 0. The first-order valence-corrected chi connectivity index (χ1v) is 8.10. The summed E-state index contributed by atoms with van der Waals surface area (Å²) in [4.78, 5) is 68.0. The molecule has 0 radical (unpaired) electrons. The van der Waals surface area contributed by atoms with E-state index >= 15 is 0 Å². The van der Waals surface area contributed by atoms with Gasteiger partial charge in [0.1, 0.15) is 11.1 Å². The molecule has 2 aromatic rings. The number of aromatic hydroxyl groups is 1. The molecular formula is C16H9N5O6S. The number of urea groups is 1. The van der Waals surface area contributed by atoms with Gasteiger partial charge in [-0.3, -0.25) is 35.0 Å². The van der Waals surface area contributed by atoms with Gasteiger partial charge in [0.25, 0.3) is 17.4 Å². The van der Waals surface area contributed by atoms with Crippen LogP contribution in [-0.4, -0.2) is 38.6 Å². The van der Waals surface area contributed by atoms with Crippen LogP contribution in [0.25, 0.3) is 5.70 Å². The molecule has 0 atom stereocenters. The van der Waals surface area contributed by atoms with Crippen LogP contribution in [0.5, 0.6) is 5.88 Å². The van der Waals surface area contributed by atoms with Crippen LogP contribution in [-0.2, 0) is 9.59 Å². The number of fused-ring (bicyclic) bond motifs is 1. The highest BCUT2D eigenvalue weighted by atomic mass is 32.1. The van der Waals surface area contributed by atoms with Crippen molar-refractivity contribution in [3.63, 3.8) is 0 Å². The average molecular weight is 399 g/mol. The molecule has 1 fully saturated rings. The van der Waals surface area contributed by atoms with Crippen LogP contribution in [0.15, 0.2) is 43.2 Å². The Morgan fingerprint density at radius 3 is 2.25 bits per heavy atom. The number of thiol groups is 1. The van der Waals surface area contributed by atoms with Crippen LogP contribution < -0.4 is 21.9 Å². The first-order chi connectivity index (χ1) is 13.3. The van der Waals surface area contributed by atoms with Crippen molar-refractivity contribution in [3.05, 3.63) is 61.3 Å². The van der Waals surface area contributed by atoms with Crippen molar-refractivity contribution in [2.24, 2.45) is 4.99 Å². The average Bonchev–Trinajstić information content (AvgIpc) is 2.91. The minimum Gasteiger partial charge on any atom is -0.494 e. The van der Waals surface area contributed by atoms with Gasteiger partial charge in [-0.1, -0.05) is 6.07 Å². The topological polar surface area (TPSA) is 174 Å². The maximum Gasteiger partial charge on any atom is 0.328 e. The molecule has 2 aliphatic rings. The lowest BCUT2D eigenvalue weighted by Crippen LogP contribution is -2.51. The van der Waals surface area contributed by atoms with Gasteiger partial charge in [-0.2, -0.15) is 0 Å². The molecule has 1 aromatic carbocycles. The van der Waals surface area contributed by atoms with Gasteiger partial charge in [0.15, 0.2) is 0 Å². The molecular weight excluding hydrogens is 390 g/mol. The van der Waals surface area contributed by atoms with Crippen LogP contribution in [0.2, 0.25) is 0 Å². The third-order valence-electron chi connectivity index (χ3n) is 4.04. The fraction of sp³-hybridized carbons (Fsp3) is 0. The number of carbonyl (C=O) groups excluding carboxylic acids is 3. The molecule has 3 heterocycles. The van der Waals surface area contributed by atoms with E-state index < -0.39 is 40.5 Å². The predicted octanol–water partition coefficient (Wildman–Crippen LogP) is -1.01. The minimum atomic E-state index is -0.970. The second-order valence-electron chi connectivity index (χ2n) is 5.78. The molecule has 0 saturated carbocycles. The number of amides is 4. The van der Waals surface area contributed by atoms with E-state index in [2.05, 4.69) is 17.6 Å². The third-order valence-corrected chi connectivity index (χ3v) is 4.32. The smallest absolute Gasteiger partial charge is 0.328 e. The van der Waals surface area contributed by atoms with Crippen molar-refractivity contribution in [1.82, 2.24) is 20.6 Å². The summed E-state index contributed by atoms with van der Waals surface area (Å²) in [6, 6.07) is 3.63. The number of nitrogens with one attached hydrogen (secondary N) is 4. The molecule has 12 heteroatoms. The van der Waals surface area contributed by atoms with Crippen LogP contribution in [0.1, 0.15) is 16.7 Å². The van der Waals surface area contributed by atoms with Gasteiger partial charge >= 0.3 is 11.7 Å². The highest BCUT2D eigenvalue weighted by Crippen LogP contribution is 2.35. The molecule has 0 aliphatic carbocycles. The Morgan fingerprint density at radius 2 is 1.61 bits per heavy atom. The number of imide groups is 2. The summed E-state index contributed by atoms with van der Waals surface area (Å²) in [6.45, 7) is 0. The second-order valence-corrected chi connectivity index (χ2v) is 6.30. The van der Waals surface area contributed by atoms with Crippen LogP contribution in [0, 0.1) is 0 Å². The number of rotatable bonds is 1. The molecule has 4 amide bonds. The summed E-state index contributed by atoms with van der Waals surface area (Å²) >= 11 is 4.23. The number of hydrogen-bond acceptors (Lipinski definition) is 8. The second kappa shape index (κ2) is 6.06. The zero-order chi connectivity index (χ0) is 20.2. The van der Waals surface area contributed by atoms with Gasteiger partial charge in [-0.25, -0.2) is 14.6 Å². The number of benzene rings is 1. The number of nitrogens with zero attached hydrogens (tertiary/aromatic N) is 1. The van der Waals surface area contributed by atoms with Crippen molar-refractivity contribution >= 4 is 41.9 Å². The van der Waals surface area contributed by atoms with Gasteiger partial charge in [-0.05, 0) is 12.1 Å². The molecule has 4 rings (SSSR count). The Morgan fingerprint density at radius 1 is 0.929 bits per heavy atom. The lowest BCUT2D eigenvalue weighted by atomic mass is 9.98. The largest absolute Gasteiger partial charge is 0.494 e. The Bertz CT molecular complexity index is 1260. The van der Waals surface area contributed by atoms with E-state index in [0.29, 0.717) is 16.0 Å². The number of aliphatic imine (C=N–C) groups is 1. The fourth-order valence-corrected chi connectivity index (χ4v) is 3.13. The summed E-state index contributed by atoms with van der Waals surface area (Å²) in [5, 5.41) is 14.0. The van der Waals surface area contributed by atoms with E-state index in [1.165, 1.54) is 12.1 Å². The van der Waals surface area contributed by atoms with Gasteiger partial charge in [-0.15, -0.1) is 12.6 Å². The van der Waals surface area contributed by atoms with Crippen molar-refractivity contribution in [3.8, 4) is 5.88 Å². The van der Waals surface area contributed by atoms with E-state index in [-0.39, 0.29) is 17.0 Å². The highest BCUT2D eigenvalue weighted by molar-refractivity contribution is 7.80. The molecule has 1 saturated heterocycles.